The minimum atomic E-state index is 0.163. The minimum Gasteiger partial charge on any atom is -0.351 e. The van der Waals surface area contributed by atoms with Gasteiger partial charge >= 0.3 is 0 Å². The normalized spacial score (nSPS) is 10.7. The second kappa shape index (κ2) is 5.91. The molecule has 84 valence electrons. The van der Waals surface area contributed by atoms with Crippen LogP contribution < -0.4 is 5.32 Å². The molecule has 0 fully saturated rings. The molecule has 3 heteroatoms. The average Bonchev–Trinajstić information content (AvgIpc) is 2.58. The van der Waals surface area contributed by atoms with Crippen LogP contribution >= 0.6 is 11.3 Å². The van der Waals surface area contributed by atoms with E-state index >= 15 is 0 Å². The van der Waals surface area contributed by atoms with E-state index in [-0.39, 0.29) is 5.91 Å². The molecule has 1 rings (SSSR count). The first-order chi connectivity index (χ1) is 7.09. The molecule has 0 aliphatic carbocycles. The molecule has 1 heterocycles. The molecule has 0 radical (unpaired) electrons. The Morgan fingerprint density at radius 3 is 2.80 bits per heavy atom. The van der Waals surface area contributed by atoms with E-state index in [0.29, 0.717) is 18.9 Å². The van der Waals surface area contributed by atoms with Gasteiger partial charge in [0, 0.05) is 11.3 Å². The van der Waals surface area contributed by atoms with Crippen LogP contribution in [-0.2, 0) is 11.3 Å². The van der Waals surface area contributed by atoms with Crippen molar-refractivity contribution >= 4 is 17.2 Å². The second-order valence-electron chi connectivity index (χ2n) is 4.24. The van der Waals surface area contributed by atoms with Crippen molar-refractivity contribution in [3.05, 3.63) is 21.9 Å². The Labute approximate surface area is 95.7 Å². The van der Waals surface area contributed by atoms with Gasteiger partial charge in [-0.25, -0.2) is 0 Å². The van der Waals surface area contributed by atoms with Gasteiger partial charge < -0.3 is 5.32 Å². The van der Waals surface area contributed by atoms with E-state index in [1.54, 1.807) is 11.3 Å². The molecule has 0 spiro atoms. The van der Waals surface area contributed by atoms with Gasteiger partial charge in [-0.2, -0.15) is 0 Å². The first-order valence-corrected chi connectivity index (χ1v) is 6.27. The highest BCUT2D eigenvalue weighted by Gasteiger charge is 2.04. The highest BCUT2D eigenvalue weighted by Crippen LogP contribution is 2.14. The van der Waals surface area contributed by atoms with Crippen molar-refractivity contribution in [2.24, 2.45) is 5.92 Å². The molecule has 0 saturated carbocycles. The Morgan fingerprint density at radius 2 is 2.27 bits per heavy atom. The zero-order chi connectivity index (χ0) is 11.3. The zero-order valence-electron chi connectivity index (χ0n) is 9.67. The lowest BCUT2D eigenvalue weighted by atomic mass is 10.1. The lowest BCUT2D eigenvalue weighted by molar-refractivity contribution is -0.121. The molecule has 0 atom stereocenters. The Kier molecular flexibility index (Phi) is 4.82. The number of carbonyl (C=O) groups excluding carboxylic acids is 1. The molecule has 1 N–H and O–H groups in total. The van der Waals surface area contributed by atoms with Gasteiger partial charge in [-0.15, -0.1) is 11.3 Å². The van der Waals surface area contributed by atoms with Crippen LogP contribution in [0.5, 0.6) is 0 Å². The van der Waals surface area contributed by atoms with Crippen LogP contribution in [-0.4, -0.2) is 5.91 Å². The van der Waals surface area contributed by atoms with Crippen LogP contribution in [0.4, 0.5) is 0 Å². The summed E-state index contributed by atoms with van der Waals surface area (Å²) in [6.45, 7) is 7.03. The number of rotatable bonds is 5. The Hall–Kier alpha value is -0.830. The van der Waals surface area contributed by atoms with E-state index < -0.39 is 0 Å². The predicted octanol–water partition coefficient (Wildman–Crippen LogP) is 3.11. The highest BCUT2D eigenvalue weighted by molar-refractivity contribution is 7.10. The quantitative estimate of drug-likeness (QED) is 0.819. The lowest BCUT2D eigenvalue weighted by Gasteiger charge is -2.06. The third kappa shape index (κ3) is 4.47. The van der Waals surface area contributed by atoms with Crippen molar-refractivity contribution in [3.8, 4) is 0 Å². The standard InChI is InChI=1S/C12H19NOS/c1-9(2)4-5-12(14)13-8-11-10(3)6-7-15-11/h6-7,9H,4-5,8H2,1-3H3,(H,13,14). The van der Waals surface area contributed by atoms with Gasteiger partial charge in [-0.05, 0) is 36.3 Å². The molecule has 1 aromatic rings. The average molecular weight is 225 g/mol. The summed E-state index contributed by atoms with van der Waals surface area (Å²) in [4.78, 5) is 12.7. The highest BCUT2D eigenvalue weighted by atomic mass is 32.1. The summed E-state index contributed by atoms with van der Waals surface area (Å²) in [5, 5.41) is 5.01. The number of hydrogen-bond donors (Lipinski definition) is 1. The fourth-order valence-electron chi connectivity index (χ4n) is 1.27. The summed E-state index contributed by atoms with van der Waals surface area (Å²) >= 11 is 1.70. The molecule has 15 heavy (non-hydrogen) atoms. The van der Waals surface area contributed by atoms with Crippen molar-refractivity contribution in [1.29, 1.82) is 0 Å². The van der Waals surface area contributed by atoms with Gasteiger partial charge in [0.1, 0.15) is 0 Å². The van der Waals surface area contributed by atoms with Crippen LogP contribution in [0.1, 0.15) is 37.1 Å². The summed E-state index contributed by atoms with van der Waals surface area (Å²) in [5.41, 5.74) is 1.27. The SMILES string of the molecule is Cc1ccsc1CNC(=O)CCC(C)C. The van der Waals surface area contributed by atoms with Crippen LogP contribution in [0.3, 0.4) is 0 Å². The zero-order valence-corrected chi connectivity index (χ0v) is 10.5. The Bertz CT molecular complexity index is 317. The number of thiophene rings is 1. The smallest absolute Gasteiger partial charge is 0.220 e. The van der Waals surface area contributed by atoms with E-state index in [2.05, 4.69) is 37.5 Å². The molecule has 0 aromatic carbocycles. The molecular weight excluding hydrogens is 206 g/mol. The van der Waals surface area contributed by atoms with Crippen LogP contribution in [0.25, 0.3) is 0 Å². The fraction of sp³-hybridized carbons (Fsp3) is 0.583. The largest absolute Gasteiger partial charge is 0.351 e. The van der Waals surface area contributed by atoms with Gasteiger partial charge in [0.25, 0.3) is 0 Å². The Balaban J connectivity index is 2.26. The van der Waals surface area contributed by atoms with E-state index in [4.69, 9.17) is 0 Å². The van der Waals surface area contributed by atoms with Crippen LogP contribution in [0.2, 0.25) is 0 Å². The molecule has 0 unspecified atom stereocenters. The van der Waals surface area contributed by atoms with E-state index in [1.165, 1.54) is 10.4 Å². The lowest BCUT2D eigenvalue weighted by Crippen LogP contribution is -2.22. The van der Waals surface area contributed by atoms with Gasteiger partial charge in [0.05, 0.1) is 6.54 Å². The van der Waals surface area contributed by atoms with Gasteiger partial charge in [0.2, 0.25) is 5.91 Å². The van der Waals surface area contributed by atoms with E-state index in [0.717, 1.165) is 6.42 Å². The van der Waals surface area contributed by atoms with Crippen LogP contribution in [0, 0.1) is 12.8 Å². The topological polar surface area (TPSA) is 29.1 Å². The maximum Gasteiger partial charge on any atom is 0.220 e. The molecule has 1 aromatic heterocycles. The minimum absolute atomic E-state index is 0.163. The first kappa shape index (κ1) is 12.2. The summed E-state index contributed by atoms with van der Waals surface area (Å²) in [7, 11) is 0. The first-order valence-electron chi connectivity index (χ1n) is 5.39. The monoisotopic (exact) mass is 225 g/mol. The second-order valence-corrected chi connectivity index (χ2v) is 5.24. The predicted molar refractivity (Wildman–Crippen MR) is 65.0 cm³/mol. The number of aryl methyl sites for hydroxylation is 1. The molecule has 0 bridgehead atoms. The maximum atomic E-state index is 11.4. The number of hydrogen-bond acceptors (Lipinski definition) is 2. The fourth-order valence-corrected chi connectivity index (χ4v) is 2.12. The summed E-state index contributed by atoms with van der Waals surface area (Å²) in [5.74, 6) is 0.760. The van der Waals surface area contributed by atoms with Crippen molar-refractivity contribution in [2.45, 2.75) is 40.2 Å². The molecule has 2 nitrogen and oxygen atoms in total. The van der Waals surface area contributed by atoms with Gasteiger partial charge in [-0.1, -0.05) is 13.8 Å². The van der Waals surface area contributed by atoms with Gasteiger partial charge in [-0.3, -0.25) is 4.79 Å². The number of nitrogens with one attached hydrogen (secondary N) is 1. The van der Waals surface area contributed by atoms with Crippen molar-refractivity contribution < 1.29 is 4.79 Å². The molecule has 1 amide bonds. The molecule has 0 saturated heterocycles. The third-order valence-corrected chi connectivity index (χ3v) is 3.39. The summed E-state index contributed by atoms with van der Waals surface area (Å²) in [6, 6.07) is 2.08. The summed E-state index contributed by atoms with van der Waals surface area (Å²) < 4.78 is 0. The van der Waals surface area contributed by atoms with Crippen molar-refractivity contribution in [1.82, 2.24) is 5.32 Å². The summed E-state index contributed by atoms with van der Waals surface area (Å²) in [6.07, 6.45) is 1.61. The third-order valence-electron chi connectivity index (χ3n) is 2.36. The van der Waals surface area contributed by atoms with Crippen molar-refractivity contribution in [3.63, 3.8) is 0 Å². The van der Waals surface area contributed by atoms with E-state index in [9.17, 15) is 4.79 Å². The van der Waals surface area contributed by atoms with E-state index in [1.807, 2.05) is 0 Å². The van der Waals surface area contributed by atoms with Crippen LogP contribution in [0.15, 0.2) is 11.4 Å². The number of amides is 1. The molecular formula is C12H19NOS. The van der Waals surface area contributed by atoms with Crippen molar-refractivity contribution in [2.75, 3.05) is 0 Å². The van der Waals surface area contributed by atoms with Gasteiger partial charge in [0.15, 0.2) is 0 Å². The molecule has 0 aliphatic rings. The Morgan fingerprint density at radius 1 is 1.53 bits per heavy atom. The molecule has 0 aliphatic heterocycles. The maximum absolute atomic E-state index is 11.4. The number of carbonyl (C=O) groups is 1.